The lowest BCUT2D eigenvalue weighted by Crippen LogP contribution is -2.28. The largest absolute Gasteiger partial charge is 0.478 e. The number of hydrogen-bond donors (Lipinski definition) is 0. The van der Waals surface area contributed by atoms with Gasteiger partial charge in [-0.15, -0.1) is 0 Å². The van der Waals surface area contributed by atoms with Crippen molar-refractivity contribution < 1.29 is 14.3 Å². The molecule has 0 aromatic heterocycles. The molecule has 6 nitrogen and oxygen atoms in total. The molecule has 2 amide bonds. The minimum absolute atomic E-state index is 0.0973. The second-order valence-electron chi connectivity index (χ2n) is 7.38. The maximum absolute atomic E-state index is 12.8. The number of nitrogens with zero attached hydrogens (tertiary/aromatic N) is 3. The molecular weight excluding hydrogens is 354 g/mol. The van der Waals surface area contributed by atoms with Crippen LogP contribution in [0.4, 0.5) is 0 Å². The first-order chi connectivity index (χ1) is 13.7. The molecule has 5 rings (SSSR count). The van der Waals surface area contributed by atoms with Crippen molar-refractivity contribution in [1.29, 1.82) is 5.26 Å². The Morgan fingerprint density at radius 2 is 1.82 bits per heavy atom. The second kappa shape index (κ2) is 6.31. The van der Waals surface area contributed by atoms with Crippen LogP contribution in [0.1, 0.15) is 12.0 Å². The maximum atomic E-state index is 12.8. The van der Waals surface area contributed by atoms with Crippen LogP contribution in [0.5, 0.6) is 5.75 Å². The Balaban J connectivity index is 1.52. The van der Waals surface area contributed by atoms with Crippen molar-refractivity contribution in [3.63, 3.8) is 0 Å². The second-order valence-corrected chi connectivity index (χ2v) is 7.38. The van der Waals surface area contributed by atoms with Crippen molar-refractivity contribution in [3.05, 3.63) is 54.1 Å². The molecule has 0 radical (unpaired) electrons. The number of carbonyl (C=O) groups is 2. The van der Waals surface area contributed by atoms with E-state index in [1.807, 2.05) is 36.4 Å². The molecule has 3 aliphatic rings. The molecule has 1 saturated carbocycles. The van der Waals surface area contributed by atoms with Crippen molar-refractivity contribution >= 4 is 28.8 Å². The molecule has 138 valence electrons. The van der Waals surface area contributed by atoms with E-state index in [0.29, 0.717) is 11.3 Å². The molecule has 6 heteroatoms. The van der Waals surface area contributed by atoms with Crippen molar-refractivity contribution in [1.82, 2.24) is 5.01 Å². The summed E-state index contributed by atoms with van der Waals surface area (Å²) in [5.74, 6) is -0.198. The molecule has 1 aliphatic heterocycles. The molecule has 1 saturated heterocycles. The van der Waals surface area contributed by atoms with E-state index in [1.54, 1.807) is 6.07 Å². The Kier molecular flexibility index (Phi) is 3.76. The van der Waals surface area contributed by atoms with Gasteiger partial charge in [0.05, 0.1) is 18.1 Å². The van der Waals surface area contributed by atoms with E-state index in [1.165, 1.54) is 6.21 Å². The van der Waals surface area contributed by atoms with Crippen LogP contribution in [0.15, 0.2) is 53.7 Å². The molecule has 2 aromatic carbocycles. The molecule has 0 spiro atoms. The van der Waals surface area contributed by atoms with Crippen LogP contribution in [-0.2, 0) is 9.59 Å². The highest BCUT2D eigenvalue weighted by atomic mass is 16.5. The summed E-state index contributed by atoms with van der Waals surface area (Å²) in [6.45, 7) is -0.0973. The molecule has 1 heterocycles. The number of hydrazone groups is 1. The lowest BCUT2D eigenvalue weighted by molar-refractivity contribution is -0.140. The van der Waals surface area contributed by atoms with Gasteiger partial charge >= 0.3 is 0 Å². The zero-order valence-corrected chi connectivity index (χ0v) is 15.0. The van der Waals surface area contributed by atoms with E-state index in [0.717, 1.165) is 22.2 Å². The summed E-state index contributed by atoms with van der Waals surface area (Å²) in [6.07, 6.45) is 6.51. The van der Waals surface area contributed by atoms with Crippen LogP contribution in [0.2, 0.25) is 0 Å². The van der Waals surface area contributed by atoms with E-state index < -0.39 is 0 Å². The number of imide groups is 1. The number of ether oxygens (including phenoxy) is 1. The van der Waals surface area contributed by atoms with Gasteiger partial charge in [0.1, 0.15) is 11.8 Å². The van der Waals surface area contributed by atoms with Gasteiger partial charge in [0.2, 0.25) is 0 Å². The first kappa shape index (κ1) is 16.7. The SMILES string of the molecule is N#CCOc1ccc2ccccc2c1C=NN1C(=O)C2C3C=CC(C3)C2C1=O. The average molecular weight is 371 g/mol. The van der Waals surface area contributed by atoms with Crippen molar-refractivity contribution in [2.45, 2.75) is 6.42 Å². The third-order valence-electron chi connectivity index (χ3n) is 5.97. The highest BCUT2D eigenvalue weighted by molar-refractivity contribution is 6.08. The predicted molar refractivity (Wildman–Crippen MR) is 102 cm³/mol. The number of fused-ring (bicyclic) bond motifs is 6. The number of nitriles is 1. The molecule has 0 N–H and O–H groups in total. The monoisotopic (exact) mass is 371 g/mol. The minimum Gasteiger partial charge on any atom is -0.478 e. The van der Waals surface area contributed by atoms with Gasteiger partial charge < -0.3 is 4.74 Å². The third-order valence-corrected chi connectivity index (χ3v) is 5.97. The van der Waals surface area contributed by atoms with Gasteiger partial charge in [0, 0.05) is 5.56 Å². The fourth-order valence-corrected chi connectivity index (χ4v) is 4.76. The first-order valence-electron chi connectivity index (χ1n) is 9.30. The van der Waals surface area contributed by atoms with Crippen LogP contribution in [0.25, 0.3) is 10.8 Å². The van der Waals surface area contributed by atoms with Crippen LogP contribution < -0.4 is 4.74 Å². The Bertz CT molecular complexity index is 1070. The normalized spacial score (nSPS) is 27.8. The summed E-state index contributed by atoms with van der Waals surface area (Å²) in [6, 6.07) is 13.3. The molecule has 2 fully saturated rings. The molecule has 2 bridgehead atoms. The highest BCUT2D eigenvalue weighted by Crippen LogP contribution is 2.52. The van der Waals surface area contributed by atoms with Gasteiger partial charge in [-0.3, -0.25) is 9.59 Å². The van der Waals surface area contributed by atoms with E-state index in [-0.39, 0.29) is 42.1 Å². The summed E-state index contributed by atoms with van der Waals surface area (Å²) in [7, 11) is 0. The summed E-state index contributed by atoms with van der Waals surface area (Å²) >= 11 is 0. The summed E-state index contributed by atoms with van der Waals surface area (Å²) in [5, 5.41) is 16.0. The Morgan fingerprint density at radius 1 is 1.11 bits per heavy atom. The quantitative estimate of drug-likeness (QED) is 0.470. The molecule has 4 unspecified atom stereocenters. The summed E-state index contributed by atoms with van der Waals surface area (Å²) in [5.41, 5.74) is 0.645. The van der Waals surface area contributed by atoms with E-state index in [2.05, 4.69) is 17.3 Å². The van der Waals surface area contributed by atoms with Gasteiger partial charge in [-0.1, -0.05) is 42.5 Å². The Morgan fingerprint density at radius 3 is 2.54 bits per heavy atom. The standard InChI is InChI=1S/C22H17N3O3/c23-9-10-28-18-8-7-13-3-1-2-4-16(13)17(18)12-24-25-21(26)19-14-5-6-15(11-14)20(19)22(25)27/h1-8,12,14-15,19-20H,10-11H2. The van der Waals surface area contributed by atoms with Crippen LogP contribution in [0, 0.1) is 35.0 Å². The maximum Gasteiger partial charge on any atom is 0.254 e. The zero-order valence-electron chi connectivity index (χ0n) is 15.0. The number of carbonyl (C=O) groups excluding carboxylic acids is 2. The number of amides is 2. The molecular formula is C22H17N3O3. The lowest BCUT2D eigenvalue weighted by atomic mass is 9.85. The minimum atomic E-state index is -0.276. The van der Waals surface area contributed by atoms with Crippen molar-refractivity contribution in [2.24, 2.45) is 28.8 Å². The summed E-state index contributed by atoms with van der Waals surface area (Å²) in [4.78, 5) is 25.6. The molecule has 2 aliphatic carbocycles. The predicted octanol–water partition coefficient (Wildman–Crippen LogP) is 2.88. The lowest BCUT2D eigenvalue weighted by Gasteiger charge is -2.13. The number of rotatable bonds is 4. The number of allylic oxidation sites excluding steroid dienone is 2. The van der Waals surface area contributed by atoms with Crippen molar-refractivity contribution in [2.75, 3.05) is 6.61 Å². The molecule has 2 aromatic rings. The first-order valence-corrected chi connectivity index (χ1v) is 9.30. The van der Waals surface area contributed by atoms with Gasteiger partial charge in [-0.2, -0.15) is 15.4 Å². The van der Waals surface area contributed by atoms with E-state index in [4.69, 9.17) is 10.00 Å². The van der Waals surface area contributed by atoms with Gasteiger partial charge in [0.25, 0.3) is 11.8 Å². The third kappa shape index (κ3) is 2.36. The Labute approximate surface area is 161 Å². The fourth-order valence-electron chi connectivity index (χ4n) is 4.76. The van der Waals surface area contributed by atoms with Crippen LogP contribution in [0.3, 0.4) is 0 Å². The highest BCUT2D eigenvalue weighted by Gasteiger charge is 2.59. The summed E-state index contributed by atoms with van der Waals surface area (Å²) < 4.78 is 5.53. The van der Waals surface area contributed by atoms with E-state index in [9.17, 15) is 9.59 Å². The van der Waals surface area contributed by atoms with Gasteiger partial charge in [-0.05, 0) is 35.1 Å². The molecule has 28 heavy (non-hydrogen) atoms. The smallest absolute Gasteiger partial charge is 0.254 e. The van der Waals surface area contributed by atoms with Crippen LogP contribution >= 0.6 is 0 Å². The number of benzene rings is 2. The van der Waals surface area contributed by atoms with Crippen molar-refractivity contribution in [3.8, 4) is 11.8 Å². The zero-order chi connectivity index (χ0) is 19.3. The van der Waals surface area contributed by atoms with Crippen LogP contribution in [-0.4, -0.2) is 29.6 Å². The molecule has 4 atom stereocenters. The van der Waals surface area contributed by atoms with Gasteiger partial charge in [0.15, 0.2) is 6.61 Å². The van der Waals surface area contributed by atoms with E-state index >= 15 is 0 Å². The van der Waals surface area contributed by atoms with Gasteiger partial charge in [-0.25, -0.2) is 0 Å². The average Bonchev–Trinajstić information content (AvgIpc) is 3.39. The fraction of sp³-hybridized carbons (Fsp3) is 0.273. The number of hydrogen-bond acceptors (Lipinski definition) is 5. The Hall–Kier alpha value is -3.46. The topological polar surface area (TPSA) is 82.8 Å².